The third kappa shape index (κ3) is 4.41. The second-order valence-corrected chi connectivity index (χ2v) is 5.55. The molecule has 4 heteroatoms. The fourth-order valence-corrected chi connectivity index (χ4v) is 2.28. The first-order chi connectivity index (χ1) is 10.5. The highest BCUT2D eigenvalue weighted by Gasteiger charge is 2.26. The molecule has 3 N–H and O–H groups in total. The highest BCUT2D eigenvalue weighted by atomic mass is 16.3. The van der Waals surface area contributed by atoms with Crippen LogP contribution in [-0.2, 0) is 10.4 Å². The van der Waals surface area contributed by atoms with E-state index in [4.69, 9.17) is 0 Å². The van der Waals surface area contributed by atoms with Crippen LogP contribution in [0.5, 0.6) is 0 Å². The van der Waals surface area contributed by atoms with Gasteiger partial charge in [0.2, 0.25) is 5.91 Å². The number of aliphatic hydroxyl groups is 2. The quantitative estimate of drug-likeness (QED) is 0.765. The molecule has 2 aromatic carbocycles. The van der Waals surface area contributed by atoms with Crippen LogP contribution in [0.15, 0.2) is 60.7 Å². The van der Waals surface area contributed by atoms with Gasteiger partial charge in [-0.15, -0.1) is 0 Å². The number of amides is 1. The number of hydrogen-bond acceptors (Lipinski definition) is 3. The van der Waals surface area contributed by atoms with Crippen LogP contribution in [0.25, 0.3) is 0 Å². The Labute approximate surface area is 130 Å². The van der Waals surface area contributed by atoms with Gasteiger partial charge in [-0.3, -0.25) is 4.79 Å². The minimum atomic E-state index is -1.23. The van der Waals surface area contributed by atoms with Crippen molar-refractivity contribution < 1.29 is 15.0 Å². The van der Waals surface area contributed by atoms with E-state index in [0.29, 0.717) is 5.56 Å². The van der Waals surface area contributed by atoms with Crippen molar-refractivity contribution in [2.45, 2.75) is 25.0 Å². The Morgan fingerprint density at radius 1 is 1.09 bits per heavy atom. The lowest BCUT2D eigenvalue weighted by atomic mass is 9.92. The zero-order chi connectivity index (χ0) is 16.0. The van der Waals surface area contributed by atoms with E-state index in [2.05, 4.69) is 5.32 Å². The van der Waals surface area contributed by atoms with Crippen molar-refractivity contribution in [1.29, 1.82) is 0 Å². The number of hydrogen-bond donors (Lipinski definition) is 3. The molecule has 0 aliphatic carbocycles. The van der Waals surface area contributed by atoms with Crippen LogP contribution in [-0.4, -0.2) is 22.7 Å². The standard InChI is InChI=1S/C18H21NO3/c1-18(22,15-10-6-3-7-11-15)12-17(21)19-13-16(20)14-8-4-2-5-9-14/h2-11,16,20,22H,12-13H2,1H3,(H,19,21). The van der Waals surface area contributed by atoms with Crippen molar-refractivity contribution >= 4 is 5.91 Å². The minimum Gasteiger partial charge on any atom is -0.387 e. The second-order valence-electron chi connectivity index (χ2n) is 5.55. The van der Waals surface area contributed by atoms with Crippen molar-refractivity contribution in [3.63, 3.8) is 0 Å². The summed E-state index contributed by atoms with van der Waals surface area (Å²) in [5.74, 6) is -0.302. The lowest BCUT2D eigenvalue weighted by Crippen LogP contribution is -2.34. The Hall–Kier alpha value is -2.17. The van der Waals surface area contributed by atoms with Gasteiger partial charge in [-0.05, 0) is 18.1 Å². The molecule has 0 saturated carbocycles. The van der Waals surface area contributed by atoms with Gasteiger partial charge in [0, 0.05) is 6.54 Å². The van der Waals surface area contributed by atoms with Crippen LogP contribution in [0.1, 0.15) is 30.6 Å². The predicted molar refractivity (Wildman–Crippen MR) is 85.0 cm³/mol. The van der Waals surface area contributed by atoms with Crippen LogP contribution >= 0.6 is 0 Å². The fourth-order valence-electron chi connectivity index (χ4n) is 2.28. The highest BCUT2D eigenvalue weighted by Crippen LogP contribution is 2.24. The van der Waals surface area contributed by atoms with Gasteiger partial charge in [0.05, 0.1) is 18.1 Å². The van der Waals surface area contributed by atoms with Crippen molar-refractivity contribution in [3.05, 3.63) is 71.8 Å². The minimum absolute atomic E-state index is 0.0570. The molecule has 0 fully saturated rings. The molecule has 2 aromatic rings. The summed E-state index contributed by atoms with van der Waals surface area (Å²) in [6, 6.07) is 18.2. The molecule has 0 bridgehead atoms. The molecule has 2 atom stereocenters. The first-order valence-corrected chi connectivity index (χ1v) is 7.26. The maximum atomic E-state index is 12.0. The average molecular weight is 299 g/mol. The maximum Gasteiger partial charge on any atom is 0.223 e. The molecule has 2 rings (SSSR count). The number of nitrogens with one attached hydrogen (secondary N) is 1. The van der Waals surface area contributed by atoms with E-state index in [1.165, 1.54) is 0 Å². The maximum absolute atomic E-state index is 12.0. The average Bonchev–Trinajstić information content (AvgIpc) is 2.54. The van der Waals surface area contributed by atoms with Crippen LogP contribution in [0.4, 0.5) is 0 Å². The monoisotopic (exact) mass is 299 g/mol. The van der Waals surface area contributed by atoms with Crippen LogP contribution in [0.2, 0.25) is 0 Å². The van der Waals surface area contributed by atoms with E-state index in [-0.39, 0.29) is 18.9 Å². The molecule has 4 nitrogen and oxygen atoms in total. The van der Waals surface area contributed by atoms with E-state index in [9.17, 15) is 15.0 Å². The van der Waals surface area contributed by atoms with Crippen molar-refractivity contribution in [1.82, 2.24) is 5.32 Å². The summed E-state index contributed by atoms with van der Waals surface area (Å²) in [5.41, 5.74) is 0.203. The normalized spacial score (nSPS) is 14.9. The zero-order valence-corrected chi connectivity index (χ0v) is 12.6. The number of aliphatic hydroxyl groups excluding tert-OH is 1. The predicted octanol–water partition coefficient (Wildman–Crippen LogP) is 2.13. The third-order valence-corrected chi connectivity index (χ3v) is 3.58. The second kappa shape index (κ2) is 7.20. The Balaban J connectivity index is 1.88. The molecule has 0 aromatic heterocycles. The molecule has 1 amide bonds. The summed E-state index contributed by atoms with van der Waals surface area (Å²) >= 11 is 0. The molecule has 2 unspecified atom stereocenters. The number of carbonyl (C=O) groups excluding carboxylic acids is 1. The highest BCUT2D eigenvalue weighted by molar-refractivity contribution is 5.77. The van der Waals surface area contributed by atoms with Gasteiger partial charge in [0.1, 0.15) is 0 Å². The van der Waals surface area contributed by atoms with Gasteiger partial charge in [0.15, 0.2) is 0 Å². The van der Waals surface area contributed by atoms with E-state index in [0.717, 1.165) is 5.56 Å². The van der Waals surface area contributed by atoms with E-state index < -0.39 is 11.7 Å². The molecule has 0 saturated heterocycles. The van der Waals surface area contributed by atoms with Gasteiger partial charge in [-0.25, -0.2) is 0 Å². The fraction of sp³-hybridized carbons (Fsp3) is 0.278. The number of carbonyl (C=O) groups is 1. The van der Waals surface area contributed by atoms with Crippen molar-refractivity contribution in [2.24, 2.45) is 0 Å². The SMILES string of the molecule is CC(O)(CC(=O)NCC(O)c1ccccc1)c1ccccc1. The zero-order valence-electron chi connectivity index (χ0n) is 12.6. The summed E-state index contributed by atoms with van der Waals surface area (Å²) in [6.07, 6.45) is -0.815. The molecule has 22 heavy (non-hydrogen) atoms. The van der Waals surface area contributed by atoms with E-state index >= 15 is 0 Å². The summed E-state index contributed by atoms with van der Waals surface area (Å²) in [4.78, 5) is 12.0. The Morgan fingerprint density at radius 2 is 1.64 bits per heavy atom. The van der Waals surface area contributed by atoms with Gasteiger partial charge < -0.3 is 15.5 Å². The topological polar surface area (TPSA) is 69.6 Å². The van der Waals surface area contributed by atoms with Gasteiger partial charge in [0.25, 0.3) is 0 Å². The number of rotatable bonds is 6. The van der Waals surface area contributed by atoms with E-state index in [1.54, 1.807) is 31.2 Å². The molecule has 116 valence electrons. The lowest BCUT2D eigenvalue weighted by Gasteiger charge is -2.23. The third-order valence-electron chi connectivity index (χ3n) is 3.58. The largest absolute Gasteiger partial charge is 0.387 e. The Morgan fingerprint density at radius 3 is 2.23 bits per heavy atom. The Bertz CT molecular complexity index is 596. The summed E-state index contributed by atoms with van der Waals surface area (Å²) < 4.78 is 0. The molecular formula is C18H21NO3. The van der Waals surface area contributed by atoms with E-state index in [1.807, 2.05) is 36.4 Å². The number of benzene rings is 2. The van der Waals surface area contributed by atoms with Gasteiger partial charge in [-0.2, -0.15) is 0 Å². The van der Waals surface area contributed by atoms with Crippen molar-refractivity contribution in [3.8, 4) is 0 Å². The van der Waals surface area contributed by atoms with Gasteiger partial charge in [-0.1, -0.05) is 60.7 Å². The molecule has 0 radical (unpaired) electrons. The molecule has 0 spiro atoms. The molecule has 0 aliphatic rings. The molecular weight excluding hydrogens is 278 g/mol. The smallest absolute Gasteiger partial charge is 0.223 e. The Kier molecular flexibility index (Phi) is 5.31. The van der Waals surface area contributed by atoms with Crippen molar-refractivity contribution in [2.75, 3.05) is 6.54 Å². The molecule has 0 aliphatic heterocycles. The summed E-state index contributed by atoms with van der Waals surface area (Å²) in [5, 5.41) is 23.1. The van der Waals surface area contributed by atoms with Crippen LogP contribution in [0, 0.1) is 0 Å². The lowest BCUT2D eigenvalue weighted by molar-refractivity contribution is -0.126. The van der Waals surface area contributed by atoms with Gasteiger partial charge >= 0.3 is 0 Å². The first kappa shape index (κ1) is 16.2. The van der Waals surface area contributed by atoms with Crippen LogP contribution < -0.4 is 5.32 Å². The first-order valence-electron chi connectivity index (χ1n) is 7.26. The molecule has 0 heterocycles. The summed E-state index contributed by atoms with van der Waals surface area (Å²) in [7, 11) is 0. The van der Waals surface area contributed by atoms with Crippen LogP contribution in [0.3, 0.4) is 0 Å². The summed E-state index contributed by atoms with van der Waals surface area (Å²) in [6.45, 7) is 1.73.